The maximum absolute atomic E-state index is 13.5. The summed E-state index contributed by atoms with van der Waals surface area (Å²) in [6.07, 6.45) is 10.7. The minimum absolute atomic E-state index is 0.00471. The summed E-state index contributed by atoms with van der Waals surface area (Å²) in [5.74, 6) is 1.53. The van der Waals surface area contributed by atoms with Gasteiger partial charge in [-0.2, -0.15) is 0 Å². The highest BCUT2D eigenvalue weighted by Gasteiger charge is 2.71. The van der Waals surface area contributed by atoms with Gasteiger partial charge in [-0.25, -0.2) is 4.79 Å². The summed E-state index contributed by atoms with van der Waals surface area (Å²) in [5, 5.41) is 10.6. The van der Waals surface area contributed by atoms with Gasteiger partial charge >= 0.3 is 5.63 Å². The van der Waals surface area contributed by atoms with Crippen LogP contribution in [0, 0.1) is 17.3 Å². The second-order valence-electron chi connectivity index (χ2n) is 11.9. The molecule has 4 bridgehead atoms. The number of nitrogens with zero attached hydrogens (tertiary/aromatic N) is 2. The molecule has 1 aliphatic heterocycles. The molecule has 5 atom stereocenters. The van der Waals surface area contributed by atoms with E-state index in [2.05, 4.69) is 17.0 Å². The van der Waals surface area contributed by atoms with E-state index in [4.69, 9.17) is 4.42 Å². The summed E-state index contributed by atoms with van der Waals surface area (Å²) in [7, 11) is 1.92. The molecule has 4 fully saturated rings. The number of piperidine rings is 1. The molecular weight excluding hydrogens is 440 g/mol. The summed E-state index contributed by atoms with van der Waals surface area (Å²) < 4.78 is 5.00. The van der Waals surface area contributed by atoms with E-state index in [0.29, 0.717) is 23.3 Å². The minimum Gasteiger partial charge on any atom is -0.508 e. The summed E-state index contributed by atoms with van der Waals surface area (Å²) >= 11 is 0. The molecule has 6 nitrogen and oxygen atoms in total. The molecule has 7 rings (SSSR count). The molecule has 5 aliphatic rings. The molecule has 1 aromatic heterocycles. The second kappa shape index (κ2) is 7.45. The number of fused-ring (bicyclic) bond motifs is 1. The lowest BCUT2D eigenvalue weighted by molar-refractivity contribution is -0.104. The summed E-state index contributed by atoms with van der Waals surface area (Å²) in [6.45, 7) is 2.35. The first-order valence-corrected chi connectivity index (χ1v) is 13.4. The Bertz CT molecular complexity index is 1230. The smallest absolute Gasteiger partial charge is 0.335 e. The molecule has 0 spiro atoms. The molecule has 35 heavy (non-hydrogen) atoms. The maximum atomic E-state index is 13.5. The Hall–Kier alpha value is -2.60. The van der Waals surface area contributed by atoms with Gasteiger partial charge in [-0.05, 0) is 104 Å². The fraction of sp³-hybridized carbons (Fsp3) is 0.586. The normalized spacial score (nSPS) is 35.3. The SMILES string of the molecule is CN(C(=O)c1ccc(=O)oc1)C1CCC23CCC1C21CCN(CC2CC2)C3Cc2ccc(O)cc21. The van der Waals surface area contributed by atoms with Gasteiger partial charge in [0.25, 0.3) is 5.91 Å². The number of phenolic OH excluding ortho intramolecular Hbond substituents is 1. The summed E-state index contributed by atoms with van der Waals surface area (Å²) in [5.41, 5.74) is 2.98. The van der Waals surface area contributed by atoms with Crippen LogP contribution in [-0.4, -0.2) is 53.0 Å². The Morgan fingerprint density at radius 2 is 1.97 bits per heavy atom. The number of phenols is 1. The number of aromatic hydroxyl groups is 1. The van der Waals surface area contributed by atoms with Gasteiger partial charge in [-0.15, -0.1) is 0 Å². The Labute approximate surface area is 205 Å². The van der Waals surface area contributed by atoms with Crippen molar-refractivity contribution in [2.24, 2.45) is 17.3 Å². The van der Waals surface area contributed by atoms with Gasteiger partial charge in [0.05, 0.1) is 5.56 Å². The molecule has 0 radical (unpaired) electrons. The van der Waals surface area contributed by atoms with Crippen LogP contribution in [-0.2, 0) is 11.8 Å². The molecule has 1 N–H and O–H groups in total. The van der Waals surface area contributed by atoms with Crippen molar-refractivity contribution in [3.05, 3.63) is 63.7 Å². The molecule has 6 heteroatoms. The van der Waals surface area contributed by atoms with E-state index in [-0.39, 0.29) is 22.8 Å². The van der Waals surface area contributed by atoms with E-state index in [1.54, 1.807) is 6.07 Å². The van der Waals surface area contributed by atoms with Gasteiger partial charge in [-0.1, -0.05) is 6.07 Å². The lowest BCUT2D eigenvalue weighted by atomic mass is 9.43. The third-order valence-corrected chi connectivity index (χ3v) is 10.6. The highest BCUT2D eigenvalue weighted by atomic mass is 16.4. The van der Waals surface area contributed by atoms with Crippen LogP contribution < -0.4 is 5.63 Å². The van der Waals surface area contributed by atoms with E-state index in [1.165, 1.54) is 49.3 Å². The molecule has 3 saturated carbocycles. The van der Waals surface area contributed by atoms with Crippen molar-refractivity contribution in [2.45, 2.75) is 68.9 Å². The average Bonchev–Trinajstić information content (AvgIpc) is 3.64. The van der Waals surface area contributed by atoms with Crippen molar-refractivity contribution in [1.29, 1.82) is 0 Å². The zero-order chi connectivity index (χ0) is 23.9. The van der Waals surface area contributed by atoms with Gasteiger partial charge < -0.3 is 14.4 Å². The molecule has 184 valence electrons. The number of likely N-dealkylation sites (tertiary alicyclic amines) is 1. The third-order valence-electron chi connectivity index (χ3n) is 10.6. The second-order valence-corrected chi connectivity index (χ2v) is 11.9. The van der Waals surface area contributed by atoms with Crippen molar-refractivity contribution in [3.63, 3.8) is 0 Å². The molecule has 1 saturated heterocycles. The number of amides is 1. The minimum atomic E-state index is -0.441. The molecule has 5 unspecified atom stereocenters. The van der Waals surface area contributed by atoms with E-state index >= 15 is 0 Å². The molecular formula is C29H34N2O4. The van der Waals surface area contributed by atoms with Crippen molar-refractivity contribution in [1.82, 2.24) is 9.80 Å². The van der Waals surface area contributed by atoms with Crippen molar-refractivity contribution < 1.29 is 14.3 Å². The highest BCUT2D eigenvalue weighted by molar-refractivity contribution is 5.93. The Kier molecular flexibility index (Phi) is 4.61. The number of carbonyl (C=O) groups is 1. The topological polar surface area (TPSA) is 74.0 Å². The van der Waals surface area contributed by atoms with E-state index in [1.807, 2.05) is 18.0 Å². The number of hydrogen-bond acceptors (Lipinski definition) is 5. The Morgan fingerprint density at radius 3 is 2.74 bits per heavy atom. The van der Waals surface area contributed by atoms with Crippen LogP contribution in [0.4, 0.5) is 0 Å². The van der Waals surface area contributed by atoms with Crippen molar-refractivity contribution >= 4 is 5.91 Å². The fourth-order valence-electron chi connectivity index (χ4n) is 9.06. The predicted octanol–water partition coefficient (Wildman–Crippen LogP) is 3.95. The Balaban J connectivity index is 1.30. The molecule has 4 aliphatic carbocycles. The van der Waals surface area contributed by atoms with Crippen LogP contribution in [0.1, 0.15) is 66.4 Å². The van der Waals surface area contributed by atoms with Crippen molar-refractivity contribution in [2.75, 3.05) is 20.1 Å². The Morgan fingerprint density at radius 1 is 1.14 bits per heavy atom. The van der Waals surface area contributed by atoms with Crippen molar-refractivity contribution in [3.8, 4) is 5.75 Å². The summed E-state index contributed by atoms with van der Waals surface area (Å²) in [6, 6.07) is 9.67. The van der Waals surface area contributed by atoms with Gasteiger partial charge in [-0.3, -0.25) is 9.69 Å². The quantitative estimate of drug-likeness (QED) is 0.726. The first-order chi connectivity index (χ1) is 16.9. The largest absolute Gasteiger partial charge is 0.508 e. The van der Waals surface area contributed by atoms with Crippen LogP contribution in [0.3, 0.4) is 0 Å². The van der Waals surface area contributed by atoms with Crippen LogP contribution in [0.25, 0.3) is 0 Å². The van der Waals surface area contributed by atoms with Gasteiger partial charge in [0, 0.05) is 37.2 Å². The number of hydrogen-bond donors (Lipinski definition) is 1. The van der Waals surface area contributed by atoms with Crippen LogP contribution in [0.5, 0.6) is 5.75 Å². The number of carbonyl (C=O) groups excluding carboxylic acids is 1. The molecule has 1 amide bonds. The zero-order valence-electron chi connectivity index (χ0n) is 20.4. The highest BCUT2D eigenvalue weighted by Crippen LogP contribution is 2.72. The lowest BCUT2D eigenvalue weighted by Crippen LogP contribution is -2.70. The van der Waals surface area contributed by atoms with E-state index in [9.17, 15) is 14.7 Å². The van der Waals surface area contributed by atoms with E-state index < -0.39 is 5.63 Å². The zero-order valence-corrected chi connectivity index (χ0v) is 20.4. The predicted molar refractivity (Wildman–Crippen MR) is 131 cm³/mol. The van der Waals surface area contributed by atoms with Crippen LogP contribution in [0.2, 0.25) is 0 Å². The molecule has 2 aromatic rings. The summed E-state index contributed by atoms with van der Waals surface area (Å²) in [4.78, 5) is 29.6. The number of rotatable bonds is 4. The first kappa shape index (κ1) is 21.7. The lowest BCUT2D eigenvalue weighted by Gasteiger charge is -2.67. The fourth-order valence-corrected chi connectivity index (χ4v) is 9.06. The van der Waals surface area contributed by atoms with Gasteiger partial charge in [0.1, 0.15) is 12.0 Å². The third kappa shape index (κ3) is 2.92. The van der Waals surface area contributed by atoms with Crippen LogP contribution in [0.15, 0.2) is 45.8 Å². The molecule has 2 heterocycles. The maximum Gasteiger partial charge on any atom is 0.335 e. The van der Waals surface area contributed by atoms with Crippen LogP contribution >= 0.6 is 0 Å². The average molecular weight is 475 g/mol. The van der Waals surface area contributed by atoms with Gasteiger partial charge in [0.2, 0.25) is 0 Å². The monoisotopic (exact) mass is 474 g/mol. The molecule has 1 aromatic carbocycles. The van der Waals surface area contributed by atoms with Gasteiger partial charge in [0.15, 0.2) is 0 Å². The standard InChI is InChI=1S/C29H34N2O4/c1-30(27(34)20-5-7-26(33)35-17-20)24-9-11-28-10-8-22(24)29(28)12-13-31(16-18-2-3-18)25(28)14-19-4-6-21(32)15-23(19)29/h4-7,15,17-18,22,24-25,32H,2-3,8-14,16H2,1H3. The van der Waals surface area contributed by atoms with E-state index in [0.717, 1.165) is 44.6 Å². The first-order valence-electron chi connectivity index (χ1n) is 13.4. The number of benzene rings is 1.